The average Bonchev–Trinajstić information content (AvgIpc) is 3.03. The molecule has 5 rings (SSSR count). The van der Waals surface area contributed by atoms with Gasteiger partial charge in [-0.2, -0.15) is 0 Å². The number of carbonyl (C=O) groups excluding carboxylic acids is 1. The maximum absolute atomic E-state index is 12.3. The molecule has 1 saturated carbocycles. The van der Waals surface area contributed by atoms with Crippen LogP contribution in [0.4, 0.5) is 0 Å². The van der Waals surface area contributed by atoms with Gasteiger partial charge in [-0.15, -0.1) is 0 Å². The third-order valence-corrected chi connectivity index (χ3v) is 8.99. The van der Waals surface area contributed by atoms with Crippen LogP contribution < -0.4 is 0 Å². The Balaban J connectivity index is 1.50. The minimum Gasteiger partial charge on any atom is -0.319 e. The zero-order chi connectivity index (χ0) is 19.7. The summed E-state index contributed by atoms with van der Waals surface area (Å²) in [5.74, 6) is 2.27. The van der Waals surface area contributed by atoms with Crippen molar-refractivity contribution in [3.05, 3.63) is 46.9 Å². The van der Waals surface area contributed by atoms with Crippen LogP contribution in [0.2, 0.25) is 5.02 Å². The predicted octanol–water partition coefficient (Wildman–Crippen LogP) is 5.72. The lowest BCUT2D eigenvalue weighted by atomic mass is 9.49. The molecule has 4 aliphatic rings. The molecule has 1 saturated heterocycles. The van der Waals surface area contributed by atoms with Crippen LogP contribution in [-0.2, 0) is 4.79 Å². The van der Waals surface area contributed by atoms with Crippen molar-refractivity contribution in [1.29, 1.82) is 0 Å². The van der Waals surface area contributed by atoms with Gasteiger partial charge in [0.05, 0.1) is 5.02 Å². The Morgan fingerprint density at radius 3 is 2.75 bits per heavy atom. The second-order valence-corrected chi connectivity index (χ2v) is 10.1. The number of amides is 1. The van der Waals surface area contributed by atoms with Crippen molar-refractivity contribution in [3.63, 3.8) is 0 Å². The first-order valence-electron chi connectivity index (χ1n) is 10.6. The lowest BCUT2D eigenvalue weighted by Crippen LogP contribution is -2.53. The first-order chi connectivity index (χ1) is 13.4. The van der Waals surface area contributed by atoms with Crippen molar-refractivity contribution < 1.29 is 4.79 Å². The normalized spacial score (nSPS) is 39.6. The van der Waals surface area contributed by atoms with Crippen molar-refractivity contribution in [1.82, 2.24) is 9.88 Å². The van der Waals surface area contributed by atoms with E-state index in [-0.39, 0.29) is 16.7 Å². The summed E-state index contributed by atoms with van der Waals surface area (Å²) < 4.78 is 0. The van der Waals surface area contributed by atoms with Crippen LogP contribution in [0.15, 0.2) is 36.3 Å². The van der Waals surface area contributed by atoms with Crippen LogP contribution in [0.1, 0.15) is 57.9 Å². The molecule has 28 heavy (non-hydrogen) atoms. The molecule has 0 radical (unpaired) electrons. The first kappa shape index (κ1) is 18.4. The molecule has 1 aliphatic heterocycles. The van der Waals surface area contributed by atoms with Crippen LogP contribution in [-0.4, -0.2) is 22.8 Å². The Labute approximate surface area is 172 Å². The number of carbonyl (C=O) groups is 1. The van der Waals surface area contributed by atoms with E-state index in [0.717, 1.165) is 29.8 Å². The van der Waals surface area contributed by atoms with Gasteiger partial charge in [-0.3, -0.25) is 9.78 Å². The van der Waals surface area contributed by atoms with Gasteiger partial charge in [0.2, 0.25) is 5.91 Å². The minimum absolute atomic E-state index is 0.140. The first-order valence-corrected chi connectivity index (χ1v) is 11.0. The van der Waals surface area contributed by atoms with E-state index < -0.39 is 0 Å². The van der Waals surface area contributed by atoms with E-state index in [1.807, 2.05) is 24.2 Å². The standard InChI is InChI=1S/C24H29ClN2O/c1-23-11-8-19-15(4-7-21-24(19,2)12-9-22(28)27(21)3)17(23)5-6-18(23)16-14-26-13-10-20(16)25/h6-7,10,13-15,17,19H,4-5,8-9,11-12H2,1-3H3/t15-,17-,19-,23-,24+/m0/s1. The molecular weight excluding hydrogens is 368 g/mol. The Bertz CT molecular complexity index is 906. The lowest BCUT2D eigenvalue weighted by Gasteiger charge is -2.58. The molecule has 0 unspecified atom stereocenters. The maximum atomic E-state index is 12.3. The number of pyridine rings is 1. The Hall–Kier alpha value is -1.61. The predicted molar refractivity (Wildman–Crippen MR) is 112 cm³/mol. The van der Waals surface area contributed by atoms with Gasteiger partial charge < -0.3 is 4.90 Å². The second-order valence-electron chi connectivity index (χ2n) is 9.74. The summed E-state index contributed by atoms with van der Waals surface area (Å²) in [5, 5.41) is 0.815. The van der Waals surface area contributed by atoms with Crippen molar-refractivity contribution in [2.45, 2.75) is 52.4 Å². The van der Waals surface area contributed by atoms with Gasteiger partial charge in [-0.05, 0) is 66.9 Å². The van der Waals surface area contributed by atoms with Crippen molar-refractivity contribution in [2.75, 3.05) is 7.05 Å². The minimum atomic E-state index is 0.140. The van der Waals surface area contributed by atoms with Gasteiger partial charge in [-0.25, -0.2) is 0 Å². The van der Waals surface area contributed by atoms with Crippen molar-refractivity contribution in [2.24, 2.45) is 28.6 Å². The Morgan fingerprint density at radius 1 is 1.14 bits per heavy atom. The average molecular weight is 397 g/mol. The fourth-order valence-electron chi connectivity index (χ4n) is 7.14. The van der Waals surface area contributed by atoms with E-state index in [9.17, 15) is 4.79 Å². The highest BCUT2D eigenvalue weighted by Gasteiger charge is 2.57. The highest BCUT2D eigenvalue weighted by Crippen LogP contribution is 2.66. The van der Waals surface area contributed by atoms with Crippen molar-refractivity contribution in [3.8, 4) is 0 Å². The molecule has 4 heteroatoms. The van der Waals surface area contributed by atoms with Gasteiger partial charge in [-0.1, -0.05) is 37.6 Å². The fourth-order valence-corrected chi connectivity index (χ4v) is 7.35. The molecule has 1 aromatic rings. The lowest BCUT2D eigenvalue weighted by molar-refractivity contribution is -0.135. The molecule has 1 aromatic heterocycles. The summed E-state index contributed by atoms with van der Waals surface area (Å²) in [6, 6.07) is 1.91. The molecule has 3 aliphatic carbocycles. The summed E-state index contributed by atoms with van der Waals surface area (Å²) >= 11 is 6.55. The molecule has 0 aromatic carbocycles. The Morgan fingerprint density at radius 2 is 1.96 bits per heavy atom. The molecule has 0 spiro atoms. The zero-order valence-corrected chi connectivity index (χ0v) is 17.8. The van der Waals surface area contributed by atoms with E-state index in [1.54, 1.807) is 6.20 Å². The monoisotopic (exact) mass is 396 g/mol. The number of halogens is 1. The zero-order valence-electron chi connectivity index (χ0n) is 17.0. The van der Waals surface area contributed by atoms with Crippen LogP contribution in [0.5, 0.6) is 0 Å². The largest absolute Gasteiger partial charge is 0.319 e. The molecule has 0 bridgehead atoms. The molecule has 1 amide bonds. The number of hydrogen-bond donors (Lipinski definition) is 0. The van der Waals surface area contributed by atoms with Crippen LogP contribution in [0.3, 0.4) is 0 Å². The molecule has 5 atom stereocenters. The molecule has 3 nitrogen and oxygen atoms in total. The molecule has 0 N–H and O–H groups in total. The van der Waals surface area contributed by atoms with Crippen LogP contribution >= 0.6 is 11.6 Å². The SMILES string of the molecule is CN1C(=O)CC[C@@]2(C)C1=CC[C@@H]1[C@@H]2CC[C@]2(C)C(c3cnccc3Cl)=CC[C@@H]12. The number of aromatic nitrogens is 1. The van der Waals surface area contributed by atoms with E-state index in [2.05, 4.69) is 31.0 Å². The summed E-state index contributed by atoms with van der Waals surface area (Å²) in [6.07, 6.45) is 14.9. The smallest absolute Gasteiger partial charge is 0.226 e. The second kappa shape index (κ2) is 6.19. The van der Waals surface area contributed by atoms with E-state index >= 15 is 0 Å². The highest BCUT2D eigenvalue weighted by molar-refractivity contribution is 6.32. The number of rotatable bonds is 1. The fraction of sp³-hybridized carbons (Fsp3) is 0.583. The van der Waals surface area contributed by atoms with E-state index in [1.165, 1.54) is 24.1 Å². The van der Waals surface area contributed by atoms with E-state index in [0.29, 0.717) is 24.2 Å². The maximum Gasteiger partial charge on any atom is 0.226 e. The number of nitrogens with zero attached hydrogens (tertiary/aromatic N) is 2. The molecular formula is C24H29ClN2O. The Kier molecular flexibility index (Phi) is 4.07. The highest BCUT2D eigenvalue weighted by atomic mass is 35.5. The summed E-state index contributed by atoms with van der Waals surface area (Å²) in [4.78, 5) is 18.6. The van der Waals surface area contributed by atoms with Crippen LogP contribution in [0.25, 0.3) is 5.57 Å². The van der Waals surface area contributed by atoms with E-state index in [4.69, 9.17) is 11.6 Å². The number of allylic oxidation sites excluding steroid dienone is 4. The summed E-state index contributed by atoms with van der Waals surface area (Å²) in [5.41, 5.74) is 4.13. The van der Waals surface area contributed by atoms with Crippen molar-refractivity contribution >= 4 is 23.1 Å². The van der Waals surface area contributed by atoms with Gasteiger partial charge in [0, 0.05) is 42.5 Å². The van der Waals surface area contributed by atoms with Gasteiger partial charge in [0.25, 0.3) is 0 Å². The molecule has 2 fully saturated rings. The number of fused-ring (bicyclic) bond motifs is 5. The summed E-state index contributed by atoms with van der Waals surface area (Å²) in [7, 11) is 1.97. The third-order valence-electron chi connectivity index (χ3n) is 8.66. The third kappa shape index (κ3) is 2.35. The topological polar surface area (TPSA) is 33.2 Å². The van der Waals surface area contributed by atoms with Gasteiger partial charge in [0.15, 0.2) is 0 Å². The quantitative estimate of drug-likeness (QED) is 0.608. The van der Waals surface area contributed by atoms with Gasteiger partial charge >= 0.3 is 0 Å². The molecule has 2 heterocycles. The number of likely N-dealkylation sites (tertiary alicyclic amines) is 1. The van der Waals surface area contributed by atoms with Gasteiger partial charge in [0.1, 0.15) is 0 Å². The number of piperidine rings is 1. The van der Waals surface area contributed by atoms with Crippen LogP contribution in [0, 0.1) is 28.6 Å². The molecule has 148 valence electrons. The number of hydrogen-bond acceptors (Lipinski definition) is 2. The summed E-state index contributed by atoms with van der Waals surface area (Å²) in [6.45, 7) is 4.87.